The molecule has 1 amide bonds. The number of nitrogens with zero attached hydrogens (tertiary/aromatic N) is 1. The van der Waals surface area contributed by atoms with Crippen molar-refractivity contribution in [1.29, 1.82) is 0 Å². The number of rotatable bonds is 3. The Labute approximate surface area is 138 Å². The molecule has 2 aliphatic rings. The largest absolute Gasteiger partial charge is 0.514 e. The van der Waals surface area contributed by atoms with Gasteiger partial charge in [0.1, 0.15) is 0 Å². The van der Waals surface area contributed by atoms with Crippen LogP contribution in [0.3, 0.4) is 0 Å². The zero-order valence-corrected chi connectivity index (χ0v) is 14.6. The van der Waals surface area contributed by atoms with Gasteiger partial charge in [0.15, 0.2) is 0 Å². The Kier molecular flexibility index (Phi) is 4.01. The molecule has 0 spiro atoms. The van der Waals surface area contributed by atoms with Crippen molar-refractivity contribution in [2.45, 2.75) is 58.7 Å². The van der Waals surface area contributed by atoms with Crippen LogP contribution in [-0.2, 0) is 14.1 Å². The van der Waals surface area contributed by atoms with Crippen LogP contribution in [0.25, 0.3) is 0 Å². The van der Waals surface area contributed by atoms with Crippen molar-refractivity contribution >= 4 is 24.3 Å². The lowest BCUT2D eigenvalue weighted by Crippen LogP contribution is -2.41. The molecule has 1 saturated heterocycles. The molecule has 2 fully saturated rings. The van der Waals surface area contributed by atoms with E-state index < -0.39 is 18.3 Å². The van der Waals surface area contributed by atoms with Gasteiger partial charge in [-0.3, -0.25) is 9.78 Å². The van der Waals surface area contributed by atoms with E-state index in [1.54, 1.807) is 12.3 Å². The third-order valence-electron chi connectivity index (χ3n) is 5.29. The quantitative estimate of drug-likeness (QED) is 0.870. The van der Waals surface area contributed by atoms with E-state index in [4.69, 9.17) is 9.31 Å². The number of hydrogen-bond donors (Lipinski definition) is 1. The van der Waals surface area contributed by atoms with E-state index >= 15 is 0 Å². The summed E-state index contributed by atoms with van der Waals surface area (Å²) in [5, 5.41) is 2.98. The Morgan fingerprint density at radius 1 is 1.26 bits per heavy atom. The van der Waals surface area contributed by atoms with Crippen molar-refractivity contribution in [3.63, 3.8) is 0 Å². The van der Waals surface area contributed by atoms with Gasteiger partial charge >= 0.3 is 7.12 Å². The van der Waals surface area contributed by atoms with Gasteiger partial charge in [-0.1, -0.05) is 6.92 Å². The summed E-state index contributed by atoms with van der Waals surface area (Å²) < 4.78 is 12.0. The van der Waals surface area contributed by atoms with Crippen LogP contribution in [-0.4, -0.2) is 29.2 Å². The van der Waals surface area contributed by atoms with E-state index in [1.807, 2.05) is 33.8 Å². The van der Waals surface area contributed by atoms with Gasteiger partial charge in [0, 0.05) is 17.8 Å². The first kappa shape index (κ1) is 16.5. The fourth-order valence-electron chi connectivity index (χ4n) is 2.98. The molecule has 1 aliphatic carbocycles. The van der Waals surface area contributed by atoms with Crippen molar-refractivity contribution in [2.24, 2.45) is 11.8 Å². The van der Waals surface area contributed by atoms with E-state index in [1.165, 1.54) is 0 Å². The van der Waals surface area contributed by atoms with Crippen molar-refractivity contribution in [3.8, 4) is 0 Å². The van der Waals surface area contributed by atoms with Crippen molar-refractivity contribution < 1.29 is 14.1 Å². The number of aromatic nitrogens is 1. The van der Waals surface area contributed by atoms with Crippen LogP contribution < -0.4 is 10.9 Å². The molecule has 0 bridgehead atoms. The zero-order valence-electron chi connectivity index (χ0n) is 14.6. The maximum Gasteiger partial charge on any atom is 0.514 e. The molecule has 0 atom stereocenters. The number of nitrogens with one attached hydrogen (secondary N) is 1. The minimum Gasteiger partial charge on any atom is -0.398 e. The van der Waals surface area contributed by atoms with E-state index in [0.29, 0.717) is 11.5 Å². The lowest BCUT2D eigenvalue weighted by atomic mass is 9.75. The molecule has 2 heterocycles. The summed E-state index contributed by atoms with van der Waals surface area (Å²) in [7, 11) is -0.513. The van der Waals surface area contributed by atoms with E-state index in [0.717, 1.165) is 18.5 Å². The lowest BCUT2D eigenvalue weighted by molar-refractivity contribution is -0.123. The molecular weight excluding hydrogens is 291 g/mol. The summed E-state index contributed by atoms with van der Waals surface area (Å²) in [4.78, 5) is 16.5. The van der Waals surface area contributed by atoms with Crippen LogP contribution in [0.2, 0.25) is 0 Å². The number of anilines is 1. The Morgan fingerprint density at radius 2 is 1.87 bits per heavy atom. The minimum atomic E-state index is -0.513. The first-order valence-electron chi connectivity index (χ1n) is 8.30. The smallest absolute Gasteiger partial charge is 0.398 e. The zero-order chi connectivity index (χ0) is 16.8. The summed E-state index contributed by atoms with van der Waals surface area (Å²) in [5.74, 6) is 0.885. The Hall–Kier alpha value is -1.40. The van der Waals surface area contributed by atoms with Gasteiger partial charge in [-0.2, -0.15) is 0 Å². The molecular formula is C17H25BN2O3. The number of pyridine rings is 1. The van der Waals surface area contributed by atoms with E-state index in [9.17, 15) is 4.79 Å². The molecule has 6 heteroatoms. The van der Waals surface area contributed by atoms with Crippen LogP contribution in [0.5, 0.6) is 0 Å². The van der Waals surface area contributed by atoms with Crippen molar-refractivity contribution in [3.05, 3.63) is 18.3 Å². The lowest BCUT2D eigenvalue weighted by Gasteiger charge is -2.32. The van der Waals surface area contributed by atoms with E-state index in [2.05, 4.69) is 17.2 Å². The Bertz CT molecular complexity index is 596. The highest BCUT2D eigenvalue weighted by molar-refractivity contribution is 6.61. The SMILES string of the molecule is CC1CC(C(=O)Nc2ccnc(B3OC(C)(C)C(C)(C)O3)c2)C1. The van der Waals surface area contributed by atoms with Crippen LogP contribution in [0.15, 0.2) is 18.3 Å². The molecule has 0 aromatic carbocycles. The summed E-state index contributed by atoms with van der Waals surface area (Å²) >= 11 is 0. The summed E-state index contributed by atoms with van der Waals surface area (Å²) in [6.45, 7) is 10.2. The van der Waals surface area contributed by atoms with Gasteiger partial charge in [-0.05, 0) is 58.6 Å². The number of carbonyl (C=O) groups is 1. The standard InChI is InChI=1S/C17H25BN2O3/c1-11-8-12(9-11)15(21)20-13-6-7-19-14(10-13)18-22-16(2,3)17(4,5)23-18/h6-7,10-12H,8-9H2,1-5H3,(H,19,20,21). The first-order chi connectivity index (χ1) is 10.7. The second-order valence-corrected chi connectivity index (χ2v) is 7.82. The predicted octanol–water partition coefficient (Wildman–Crippen LogP) is 2.37. The molecule has 3 rings (SSSR count). The third kappa shape index (κ3) is 3.15. The van der Waals surface area contributed by atoms with Crippen LogP contribution in [0, 0.1) is 11.8 Å². The van der Waals surface area contributed by atoms with E-state index in [-0.39, 0.29) is 11.8 Å². The maximum absolute atomic E-state index is 12.2. The molecule has 1 saturated carbocycles. The van der Waals surface area contributed by atoms with Gasteiger partial charge < -0.3 is 14.6 Å². The second kappa shape index (κ2) is 5.60. The van der Waals surface area contributed by atoms with Crippen molar-refractivity contribution in [2.75, 3.05) is 5.32 Å². The maximum atomic E-state index is 12.2. The van der Waals surface area contributed by atoms with Gasteiger partial charge in [0.05, 0.1) is 16.8 Å². The van der Waals surface area contributed by atoms with Crippen LogP contribution in [0.1, 0.15) is 47.5 Å². The molecule has 0 radical (unpaired) electrons. The molecule has 124 valence electrons. The molecule has 5 nitrogen and oxygen atoms in total. The van der Waals surface area contributed by atoms with Gasteiger partial charge in [-0.25, -0.2) is 0 Å². The highest BCUT2D eigenvalue weighted by Crippen LogP contribution is 2.36. The summed E-state index contributed by atoms with van der Waals surface area (Å²) in [5.41, 5.74) is 0.624. The first-order valence-corrected chi connectivity index (χ1v) is 8.30. The molecule has 1 aromatic rings. The fraction of sp³-hybridized carbons (Fsp3) is 0.647. The minimum absolute atomic E-state index is 0.0918. The topological polar surface area (TPSA) is 60.5 Å². The summed E-state index contributed by atoms with van der Waals surface area (Å²) in [6, 6.07) is 3.64. The summed E-state index contributed by atoms with van der Waals surface area (Å²) in [6.07, 6.45) is 3.63. The Balaban J connectivity index is 1.70. The van der Waals surface area contributed by atoms with Crippen molar-refractivity contribution in [1.82, 2.24) is 4.98 Å². The molecule has 1 aromatic heterocycles. The molecule has 0 unspecified atom stereocenters. The van der Waals surface area contributed by atoms with Crippen LogP contribution >= 0.6 is 0 Å². The van der Waals surface area contributed by atoms with Gasteiger partial charge in [0.2, 0.25) is 5.91 Å². The van der Waals surface area contributed by atoms with Crippen LogP contribution in [0.4, 0.5) is 5.69 Å². The average Bonchev–Trinajstić information content (AvgIpc) is 2.64. The van der Waals surface area contributed by atoms with Gasteiger partial charge in [0.25, 0.3) is 0 Å². The van der Waals surface area contributed by atoms with Gasteiger partial charge in [-0.15, -0.1) is 0 Å². The third-order valence-corrected chi connectivity index (χ3v) is 5.29. The molecule has 1 N–H and O–H groups in total. The normalized spacial score (nSPS) is 28.3. The molecule has 23 heavy (non-hydrogen) atoms. The number of hydrogen-bond acceptors (Lipinski definition) is 4. The fourth-order valence-corrected chi connectivity index (χ4v) is 2.98. The highest BCUT2D eigenvalue weighted by atomic mass is 16.7. The monoisotopic (exact) mass is 316 g/mol. The average molecular weight is 316 g/mol. The molecule has 1 aliphatic heterocycles. The number of amides is 1. The Morgan fingerprint density at radius 3 is 2.43 bits per heavy atom. The second-order valence-electron chi connectivity index (χ2n) is 7.82. The predicted molar refractivity (Wildman–Crippen MR) is 90.5 cm³/mol. The highest BCUT2D eigenvalue weighted by Gasteiger charge is 2.52. The number of carbonyl (C=O) groups excluding carboxylic acids is 1.